The highest BCUT2D eigenvalue weighted by molar-refractivity contribution is 5.94. The molecule has 2 atom stereocenters. The third-order valence-electron chi connectivity index (χ3n) is 5.11. The van der Waals surface area contributed by atoms with E-state index in [1.807, 2.05) is 6.07 Å². The number of likely N-dealkylation sites (tertiary alicyclic amines) is 2. The summed E-state index contributed by atoms with van der Waals surface area (Å²) >= 11 is 0. The van der Waals surface area contributed by atoms with Gasteiger partial charge in [-0.15, -0.1) is 0 Å². The van der Waals surface area contributed by atoms with Crippen molar-refractivity contribution in [3.05, 3.63) is 35.9 Å². The Labute approximate surface area is 143 Å². The number of imide groups is 1. The zero-order chi connectivity index (χ0) is 16.9. The third-order valence-corrected chi connectivity index (χ3v) is 5.11. The third kappa shape index (κ3) is 4.13. The molecule has 3 amide bonds. The Kier molecular flexibility index (Phi) is 5.48. The van der Waals surface area contributed by atoms with Crippen LogP contribution in [0.2, 0.25) is 0 Å². The normalized spacial score (nSPS) is 25.0. The Hall–Kier alpha value is -1.92. The van der Waals surface area contributed by atoms with Gasteiger partial charge in [-0.1, -0.05) is 30.3 Å². The van der Waals surface area contributed by atoms with Crippen LogP contribution in [0.1, 0.15) is 31.2 Å². The van der Waals surface area contributed by atoms with Crippen LogP contribution < -0.4 is 11.1 Å². The van der Waals surface area contributed by atoms with Crippen molar-refractivity contribution in [3.63, 3.8) is 0 Å². The molecule has 1 aromatic carbocycles. The number of amides is 3. The summed E-state index contributed by atoms with van der Waals surface area (Å²) in [4.78, 5) is 27.5. The molecule has 2 aliphatic heterocycles. The average molecular weight is 330 g/mol. The molecule has 3 rings (SSSR count). The standard InChI is InChI=1S/C18H26N4O2/c19-18(24)20-17(23)13-22-11-5-9-16(22)15-8-4-10-21(15)12-14-6-2-1-3-7-14/h1-3,6-7,15-16H,4-5,8-13H2,(H3,19,20,23,24). The van der Waals surface area contributed by atoms with Crippen LogP contribution in [0.5, 0.6) is 0 Å². The Balaban J connectivity index is 1.62. The van der Waals surface area contributed by atoms with E-state index in [0.29, 0.717) is 12.1 Å². The number of primary amides is 1. The number of hydrogen-bond acceptors (Lipinski definition) is 4. The highest BCUT2D eigenvalue weighted by Gasteiger charge is 2.38. The first kappa shape index (κ1) is 16.9. The second kappa shape index (κ2) is 7.77. The van der Waals surface area contributed by atoms with Crippen molar-refractivity contribution < 1.29 is 9.59 Å². The van der Waals surface area contributed by atoms with Gasteiger partial charge in [0.1, 0.15) is 0 Å². The van der Waals surface area contributed by atoms with Crippen molar-refractivity contribution in [1.29, 1.82) is 0 Å². The fourth-order valence-corrected chi connectivity index (χ4v) is 4.15. The van der Waals surface area contributed by atoms with E-state index in [2.05, 4.69) is 39.4 Å². The van der Waals surface area contributed by atoms with Gasteiger partial charge in [-0.25, -0.2) is 4.79 Å². The molecular formula is C18H26N4O2. The van der Waals surface area contributed by atoms with Gasteiger partial charge in [0.2, 0.25) is 5.91 Å². The molecule has 0 spiro atoms. The van der Waals surface area contributed by atoms with Crippen molar-refractivity contribution in [1.82, 2.24) is 15.1 Å². The second-order valence-electron chi connectivity index (χ2n) is 6.76. The topological polar surface area (TPSA) is 78.7 Å². The SMILES string of the molecule is NC(=O)NC(=O)CN1CCCC1C1CCCN1Cc1ccccc1. The monoisotopic (exact) mass is 330 g/mol. The van der Waals surface area contributed by atoms with Crippen LogP contribution in [-0.4, -0.2) is 53.5 Å². The van der Waals surface area contributed by atoms with E-state index in [0.717, 1.165) is 32.5 Å². The van der Waals surface area contributed by atoms with Crippen LogP contribution in [0.4, 0.5) is 4.79 Å². The van der Waals surface area contributed by atoms with Gasteiger partial charge in [0.15, 0.2) is 0 Å². The van der Waals surface area contributed by atoms with Crippen LogP contribution >= 0.6 is 0 Å². The molecule has 3 N–H and O–H groups in total. The molecule has 130 valence electrons. The smallest absolute Gasteiger partial charge is 0.318 e. The Bertz CT molecular complexity index is 578. The number of benzene rings is 1. The molecule has 2 fully saturated rings. The van der Waals surface area contributed by atoms with Crippen molar-refractivity contribution in [2.45, 2.75) is 44.3 Å². The summed E-state index contributed by atoms with van der Waals surface area (Å²) in [5.41, 5.74) is 6.37. The van der Waals surface area contributed by atoms with Gasteiger partial charge in [0.25, 0.3) is 0 Å². The molecule has 0 saturated carbocycles. The fourth-order valence-electron chi connectivity index (χ4n) is 4.15. The average Bonchev–Trinajstić information content (AvgIpc) is 3.16. The van der Waals surface area contributed by atoms with E-state index in [1.54, 1.807) is 0 Å². The summed E-state index contributed by atoms with van der Waals surface area (Å²) in [5.74, 6) is -0.304. The van der Waals surface area contributed by atoms with Crippen molar-refractivity contribution in [3.8, 4) is 0 Å². The quantitative estimate of drug-likeness (QED) is 0.853. The summed E-state index contributed by atoms with van der Waals surface area (Å²) in [5, 5.41) is 2.18. The summed E-state index contributed by atoms with van der Waals surface area (Å²) < 4.78 is 0. The number of carbonyl (C=O) groups excluding carboxylic acids is 2. The van der Waals surface area contributed by atoms with Gasteiger partial charge in [-0.3, -0.25) is 19.9 Å². The number of urea groups is 1. The molecule has 1 aromatic rings. The summed E-state index contributed by atoms with van der Waals surface area (Å²) in [6, 6.07) is 10.6. The molecule has 2 heterocycles. The zero-order valence-corrected chi connectivity index (χ0v) is 14.0. The molecule has 0 bridgehead atoms. The lowest BCUT2D eigenvalue weighted by atomic mass is 10.0. The molecule has 0 aromatic heterocycles. The first-order valence-electron chi connectivity index (χ1n) is 8.75. The lowest BCUT2D eigenvalue weighted by Crippen LogP contribution is -2.49. The van der Waals surface area contributed by atoms with Crippen LogP contribution in [0.15, 0.2) is 30.3 Å². The summed E-state index contributed by atoms with van der Waals surface area (Å²) in [6.07, 6.45) is 4.59. The Morgan fingerprint density at radius 2 is 1.67 bits per heavy atom. The minimum atomic E-state index is -0.776. The van der Waals surface area contributed by atoms with Crippen molar-refractivity contribution >= 4 is 11.9 Å². The molecule has 2 saturated heterocycles. The molecule has 2 aliphatic rings. The minimum absolute atomic E-state index is 0.253. The number of hydrogen-bond donors (Lipinski definition) is 2. The highest BCUT2D eigenvalue weighted by atomic mass is 16.2. The largest absolute Gasteiger partial charge is 0.351 e. The van der Waals surface area contributed by atoms with Crippen LogP contribution in [0.25, 0.3) is 0 Å². The van der Waals surface area contributed by atoms with Crippen LogP contribution in [0, 0.1) is 0 Å². The molecular weight excluding hydrogens is 304 g/mol. The second-order valence-corrected chi connectivity index (χ2v) is 6.76. The molecule has 2 unspecified atom stereocenters. The summed E-state index contributed by atoms with van der Waals surface area (Å²) in [6.45, 7) is 3.23. The van der Waals surface area contributed by atoms with Crippen molar-refractivity contribution in [2.24, 2.45) is 5.73 Å². The maximum Gasteiger partial charge on any atom is 0.318 e. The number of nitrogens with zero attached hydrogens (tertiary/aromatic N) is 2. The van der Waals surface area contributed by atoms with Gasteiger partial charge < -0.3 is 5.73 Å². The minimum Gasteiger partial charge on any atom is -0.351 e. The number of nitrogens with one attached hydrogen (secondary N) is 1. The molecule has 0 radical (unpaired) electrons. The van der Waals surface area contributed by atoms with Gasteiger partial charge in [0, 0.05) is 18.6 Å². The molecule has 0 aliphatic carbocycles. The number of rotatable bonds is 5. The van der Waals surface area contributed by atoms with Gasteiger partial charge in [0.05, 0.1) is 6.54 Å². The number of nitrogens with two attached hydrogens (primary N) is 1. The molecule has 6 nitrogen and oxygen atoms in total. The zero-order valence-electron chi connectivity index (χ0n) is 14.0. The van der Waals surface area contributed by atoms with Gasteiger partial charge in [-0.05, 0) is 44.3 Å². The maximum atomic E-state index is 11.9. The van der Waals surface area contributed by atoms with E-state index in [4.69, 9.17) is 5.73 Å². The van der Waals surface area contributed by atoms with E-state index < -0.39 is 6.03 Å². The summed E-state index contributed by atoms with van der Waals surface area (Å²) in [7, 11) is 0. The molecule has 24 heavy (non-hydrogen) atoms. The number of carbonyl (C=O) groups is 2. The Morgan fingerprint density at radius 1 is 1.04 bits per heavy atom. The van der Waals surface area contributed by atoms with Crippen LogP contribution in [0.3, 0.4) is 0 Å². The lowest BCUT2D eigenvalue weighted by molar-refractivity contribution is -0.121. The van der Waals surface area contributed by atoms with E-state index >= 15 is 0 Å². The Morgan fingerprint density at radius 3 is 2.33 bits per heavy atom. The lowest BCUT2D eigenvalue weighted by Gasteiger charge is -2.34. The van der Waals surface area contributed by atoms with Crippen LogP contribution in [-0.2, 0) is 11.3 Å². The first-order valence-corrected chi connectivity index (χ1v) is 8.75. The predicted octanol–water partition coefficient (Wildman–Crippen LogP) is 1.31. The highest BCUT2D eigenvalue weighted by Crippen LogP contribution is 2.30. The molecule has 6 heteroatoms. The van der Waals surface area contributed by atoms with Crippen molar-refractivity contribution in [2.75, 3.05) is 19.6 Å². The van der Waals surface area contributed by atoms with E-state index in [1.165, 1.54) is 18.4 Å². The van der Waals surface area contributed by atoms with Gasteiger partial charge in [-0.2, -0.15) is 0 Å². The van der Waals surface area contributed by atoms with Gasteiger partial charge >= 0.3 is 6.03 Å². The van der Waals surface area contributed by atoms with E-state index in [-0.39, 0.29) is 12.5 Å². The first-order chi connectivity index (χ1) is 11.6. The van der Waals surface area contributed by atoms with E-state index in [9.17, 15) is 9.59 Å². The predicted molar refractivity (Wildman–Crippen MR) is 92.2 cm³/mol. The fraction of sp³-hybridized carbons (Fsp3) is 0.556. The maximum absolute atomic E-state index is 11.9.